The van der Waals surface area contributed by atoms with Gasteiger partial charge in [0, 0.05) is 5.57 Å². The van der Waals surface area contributed by atoms with E-state index in [4.69, 9.17) is 26.9 Å². The maximum Gasteiger partial charge on any atom is 0.333 e. The lowest BCUT2D eigenvalue weighted by Gasteiger charge is -2.04. The fourth-order valence-corrected chi connectivity index (χ4v) is 2.94. The van der Waals surface area contributed by atoms with Crippen molar-refractivity contribution in [2.45, 2.75) is 64.8 Å². The van der Waals surface area contributed by atoms with E-state index < -0.39 is 6.69 Å². The molecule has 122 valence electrons. The molecule has 0 unspecified atom stereocenters. The molecule has 0 spiro atoms. The predicted octanol–water partition coefficient (Wildman–Crippen LogP) is 5.87. The topological polar surface area (TPSA) is 26.3 Å². The van der Waals surface area contributed by atoms with Gasteiger partial charge < -0.3 is 4.74 Å². The van der Waals surface area contributed by atoms with Gasteiger partial charge in [-0.3, -0.25) is 0 Å². The van der Waals surface area contributed by atoms with E-state index >= 15 is 0 Å². The van der Waals surface area contributed by atoms with Crippen molar-refractivity contribution in [2.75, 3.05) is 6.61 Å². The zero-order valence-corrected chi connectivity index (χ0v) is 15.8. The lowest BCUT2D eigenvalue weighted by atomic mass is 10.1. The average Bonchev–Trinajstić information content (AvgIpc) is 2.38. The largest absolute Gasteiger partial charge is 0.462 e. The van der Waals surface area contributed by atoms with E-state index in [2.05, 4.69) is 12.7 Å². The number of unbranched alkanes of at least 4 members (excludes halogenated alkanes) is 7. The van der Waals surface area contributed by atoms with Crippen LogP contribution in [0.1, 0.15) is 58.3 Å². The van der Waals surface area contributed by atoms with Gasteiger partial charge in [-0.25, -0.2) is 4.79 Å². The summed E-state index contributed by atoms with van der Waals surface area (Å²) in [4.78, 5) is 11.1. The van der Waals surface area contributed by atoms with Crippen molar-refractivity contribution in [3.63, 3.8) is 0 Å². The van der Waals surface area contributed by atoms with E-state index in [-0.39, 0.29) is 5.97 Å². The SMILES string of the molecule is C=C(C)C(=O)OCCCCCCCCCC=C[Si](C)(Cl)Cl. The molecule has 0 saturated carbocycles. The van der Waals surface area contributed by atoms with Crippen LogP contribution in [0.3, 0.4) is 0 Å². The fourth-order valence-electron chi connectivity index (χ4n) is 1.83. The highest BCUT2D eigenvalue weighted by Crippen LogP contribution is 2.16. The van der Waals surface area contributed by atoms with Crippen LogP contribution in [0.25, 0.3) is 0 Å². The highest BCUT2D eigenvalue weighted by molar-refractivity contribution is 7.47. The summed E-state index contributed by atoms with van der Waals surface area (Å²) in [6, 6.07) is 0. The molecule has 0 radical (unpaired) electrons. The molecule has 0 aliphatic rings. The van der Waals surface area contributed by atoms with Crippen molar-refractivity contribution in [1.29, 1.82) is 0 Å². The lowest BCUT2D eigenvalue weighted by Crippen LogP contribution is -2.07. The summed E-state index contributed by atoms with van der Waals surface area (Å²) in [6.45, 7) is 5.58. The van der Waals surface area contributed by atoms with Crippen LogP contribution in [0.15, 0.2) is 23.9 Å². The van der Waals surface area contributed by atoms with E-state index in [1.165, 1.54) is 32.1 Å². The quantitative estimate of drug-likeness (QED) is 0.144. The molecular weight excluding hydrogens is 323 g/mol. The van der Waals surface area contributed by atoms with Crippen molar-refractivity contribution < 1.29 is 9.53 Å². The molecule has 0 saturated heterocycles. The third-order valence-electron chi connectivity index (χ3n) is 3.01. The van der Waals surface area contributed by atoms with E-state index in [1.54, 1.807) is 6.92 Å². The zero-order chi connectivity index (χ0) is 16.1. The second-order valence-electron chi connectivity index (χ2n) is 5.54. The summed E-state index contributed by atoms with van der Waals surface area (Å²) in [7, 11) is 0. The second-order valence-corrected chi connectivity index (χ2v) is 13.1. The number of carbonyl (C=O) groups is 1. The Balaban J connectivity index is 3.25. The predicted molar refractivity (Wildman–Crippen MR) is 95.2 cm³/mol. The van der Waals surface area contributed by atoms with Crippen molar-refractivity contribution in [1.82, 2.24) is 0 Å². The van der Waals surface area contributed by atoms with Crippen LogP contribution in [-0.2, 0) is 9.53 Å². The van der Waals surface area contributed by atoms with Gasteiger partial charge in [0.25, 0.3) is 6.69 Å². The Kier molecular flexibility index (Phi) is 12.2. The molecule has 0 aromatic rings. The van der Waals surface area contributed by atoms with Crippen LogP contribution in [0.5, 0.6) is 0 Å². The van der Waals surface area contributed by atoms with E-state index in [0.717, 1.165) is 19.3 Å². The van der Waals surface area contributed by atoms with E-state index in [1.807, 2.05) is 12.2 Å². The molecule has 0 N–H and O–H groups in total. The Morgan fingerprint density at radius 3 is 2.14 bits per heavy atom. The van der Waals surface area contributed by atoms with Crippen molar-refractivity contribution in [3.05, 3.63) is 23.9 Å². The molecule has 2 nitrogen and oxygen atoms in total. The monoisotopic (exact) mass is 350 g/mol. The van der Waals surface area contributed by atoms with Gasteiger partial charge in [-0.05, 0) is 32.7 Å². The molecule has 0 bridgehead atoms. The van der Waals surface area contributed by atoms with Crippen molar-refractivity contribution in [3.8, 4) is 0 Å². The minimum atomic E-state index is -2.04. The van der Waals surface area contributed by atoms with Gasteiger partial charge >= 0.3 is 5.97 Å². The van der Waals surface area contributed by atoms with Gasteiger partial charge in [0.15, 0.2) is 0 Å². The number of rotatable bonds is 12. The first-order valence-electron chi connectivity index (χ1n) is 7.71. The van der Waals surface area contributed by atoms with Crippen LogP contribution in [0, 0.1) is 0 Å². The standard InChI is InChI=1S/C16H28Cl2O2Si/c1-15(2)16(19)20-13-11-9-7-5-4-6-8-10-12-14-21(3,17)18/h12,14H,1,4-11,13H2,2-3H3. The van der Waals surface area contributed by atoms with Gasteiger partial charge in [0.1, 0.15) is 0 Å². The fraction of sp³-hybridized carbons (Fsp3) is 0.688. The van der Waals surface area contributed by atoms with Crippen LogP contribution in [-0.4, -0.2) is 19.3 Å². The molecule has 0 heterocycles. The minimum absolute atomic E-state index is 0.281. The second kappa shape index (κ2) is 12.3. The third-order valence-corrected chi connectivity index (χ3v) is 4.58. The number of hydrogen-bond donors (Lipinski definition) is 0. The molecular formula is C16H28Cl2O2Si. The number of allylic oxidation sites excluding steroid dienone is 1. The first-order chi connectivity index (χ1) is 9.83. The Morgan fingerprint density at radius 1 is 1.10 bits per heavy atom. The molecule has 0 aromatic heterocycles. The van der Waals surface area contributed by atoms with Crippen LogP contribution in [0.4, 0.5) is 0 Å². The molecule has 0 rings (SSSR count). The summed E-state index contributed by atoms with van der Waals surface area (Å²) in [5, 5.41) is 0. The number of carbonyl (C=O) groups excluding carboxylic acids is 1. The summed E-state index contributed by atoms with van der Waals surface area (Å²) in [5.74, 6) is -0.281. The summed E-state index contributed by atoms with van der Waals surface area (Å²) in [5.41, 5.74) is 2.44. The van der Waals surface area contributed by atoms with E-state index in [0.29, 0.717) is 12.2 Å². The molecule has 0 aromatic carbocycles. The lowest BCUT2D eigenvalue weighted by molar-refractivity contribution is -0.139. The normalized spacial score (nSPS) is 11.8. The van der Waals surface area contributed by atoms with Crippen molar-refractivity contribution >= 4 is 34.8 Å². The average molecular weight is 351 g/mol. The van der Waals surface area contributed by atoms with Gasteiger partial charge in [-0.1, -0.05) is 50.5 Å². The first kappa shape index (κ1) is 20.7. The highest BCUT2D eigenvalue weighted by Gasteiger charge is 2.14. The van der Waals surface area contributed by atoms with E-state index in [9.17, 15) is 4.79 Å². The zero-order valence-electron chi connectivity index (χ0n) is 13.3. The summed E-state index contributed by atoms with van der Waals surface area (Å²) >= 11 is 11.9. The van der Waals surface area contributed by atoms with Crippen LogP contribution < -0.4 is 0 Å². The van der Waals surface area contributed by atoms with Crippen molar-refractivity contribution in [2.24, 2.45) is 0 Å². The Morgan fingerprint density at radius 2 is 1.62 bits per heavy atom. The smallest absolute Gasteiger partial charge is 0.333 e. The maximum atomic E-state index is 11.1. The molecule has 0 atom stereocenters. The minimum Gasteiger partial charge on any atom is -0.462 e. The number of ether oxygens (including phenoxy) is 1. The highest BCUT2D eigenvalue weighted by atomic mass is 35.7. The maximum absolute atomic E-state index is 11.1. The number of halogens is 2. The van der Waals surface area contributed by atoms with Gasteiger partial charge in [0.05, 0.1) is 6.61 Å². The first-order valence-corrected chi connectivity index (χ1v) is 12.3. The summed E-state index contributed by atoms with van der Waals surface area (Å²) in [6.07, 6.45) is 11.4. The molecule has 0 amide bonds. The molecule has 0 aliphatic heterocycles. The Bertz CT molecular complexity index is 336. The number of esters is 1. The van der Waals surface area contributed by atoms with Crippen LogP contribution >= 0.6 is 22.2 Å². The summed E-state index contributed by atoms with van der Waals surface area (Å²) < 4.78 is 5.04. The molecule has 0 aliphatic carbocycles. The van der Waals surface area contributed by atoms with Crippen LogP contribution in [0.2, 0.25) is 6.55 Å². The number of hydrogen-bond acceptors (Lipinski definition) is 2. The third kappa shape index (κ3) is 15.9. The molecule has 5 heteroatoms. The molecule has 0 fully saturated rings. The van der Waals surface area contributed by atoms with Gasteiger partial charge in [-0.2, -0.15) is 0 Å². The Hall–Kier alpha value is -0.253. The Labute approximate surface area is 140 Å². The van der Waals surface area contributed by atoms with Gasteiger partial charge in [-0.15, -0.1) is 22.2 Å². The van der Waals surface area contributed by atoms with Gasteiger partial charge in [0.2, 0.25) is 0 Å². The molecule has 21 heavy (non-hydrogen) atoms.